The quantitative estimate of drug-likeness (QED) is 0.930. The summed E-state index contributed by atoms with van der Waals surface area (Å²) in [5, 5.41) is 3.55. The van der Waals surface area contributed by atoms with Gasteiger partial charge in [-0.25, -0.2) is 4.79 Å². The summed E-state index contributed by atoms with van der Waals surface area (Å²) in [6.45, 7) is 10.2. The van der Waals surface area contributed by atoms with E-state index in [2.05, 4.69) is 24.4 Å². The summed E-state index contributed by atoms with van der Waals surface area (Å²) >= 11 is 0. The maximum Gasteiger partial charge on any atom is 0.410 e. The van der Waals surface area contributed by atoms with Gasteiger partial charge in [-0.3, -0.25) is 0 Å². The van der Waals surface area contributed by atoms with Crippen LogP contribution in [0.2, 0.25) is 0 Å². The van der Waals surface area contributed by atoms with Gasteiger partial charge in [-0.2, -0.15) is 0 Å². The van der Waals surface area contributed by atoms with Gasteiger partial charge in [0.05, 0.1) is 0 Å². The lowest BCUT2D eigenvalue weighted by molar-refractivity contribution is 0.0286. The number of nitrogens with one attached hydrogen (secondary N) is 1. The first-order valence-corrected chi connectivity index (χ1v) is 7.60. The van der Waals surface area contributed by atoms with Gasteiger partial charge in [-0.05, 0) is 32.3 Å². The molecule has 1 saturated heterocycles. The number of ether oxygens (including phenoxy) is 1. The van der Waals surface area contributed by atoms with Crippen molar-refractivity contribution in [3.63, 3.8) is 0 Å². The Morgan fingerprint density at radius 1 is 1.29 bits per heavy atom. The number of carbonyl (C=O) groups is 1. The Kier molecular flexibility index (Phi) is 4.88. The number of carbonyl (C=O) groups excluding carboxylic acids is 1. The van der Waals surface area contributed by atoms with Crippen LogP contribution in [0.5, 0.6) is 0 Å². The minimum Gasteiger partial charge on any atom is -0.444 e. The number of hydrogen-bond donors (Lipinski definition) is 1. The molecule has 0 aromatic heterocycles. The van der Waals surface area contributed by atoms with E-state index >= 15 is 0 Å². The van der Waals surface area contributed by atoms with E-state index in [-0.39, 0.29) is 6.09 Å². The molecule has 1 aliphatic heterocycles. The van der Waals surface area contributed by atoms with Gasteiger partial charge in [0.1, 0.15) is 5.60 Å². The van der Waals surface area contributed by atoms with E-state index in [1.165, 1.54) is 5.56 Å². The van der Waals surface area contributed by atoms with Crippen LogP contribution in [0.3, 0.4) is 0 Å². The van der Waals surface area contributed by atoms with Crippen molar-refractivity contribution in [3.05, 3.63) is 35.9 Å². The van der Waals surface area contributed by atoms with Gasteiger partial charge < -0.3 is 15.0 Å². The van der Waals surface area contributed by atoms with Crippen LogP contribution in [-0.4, -0.2) is 35.7 Å². The predicted octanol–water partition coefficient (Wildman–Crippen LogP) is 3.03. The highest BCUT2D eigenvalue weighted by Gasteiger charge is 2.34. The average molecular weight is 290 g/mol. The predicted molar refractivity (Wildman–Crippen MR) is 84.0 cm³/mol. The molecule has 1 fully saturated rings. The fourth-order valence-corrected chi connectivity index (χ4v) is 2.55. The molecule has 1 N–H and O–H groups in total. The second-order valence-corrected chi connectivity index (χ2v) is 6.84. The van der Waals surface area contributed by atoms with Crippen molar-refractivity contribution >= 4 is 6.09 Å². The fraction of sp³-hybridized carbons (Fsp3) is 0.588. The normalized spacial score (nSPS) is 22.4. The van der Waals surface area contributed by atoms with E-state index in [9.17, 15) is 4.79 Å². The smallest absolute Gasteiger partial charge is 0.410 e. The molecular formula is C17H26N2O2. The number of nitrogens with zero attached hydrogens (tertiary/aromatic N) is 1. The lowest BCUT2D eigenvalue weighted by Gasteiger charge is -2.24. The number of hydrogen-bond acceptors (Lipinski definition) is 3. The first-order valence-electron chi connectivity index (χ1n) is 7.60. The first-order chi connectivity index (χ1) is 9.85. The van der Waals surface area contributed by atoms with E-state index in [0.717, 1.165) is 13.1 Å². The molecule has 4 nitrogen and oxygen atoms in total. The number of benzene rings is 1. The molecule has 2 rings (SSSR count). The highest BCUT2D eigenvalue weighted by atomic mass is 16.6. The topological polar surface area (TPSA) is 41.6 Å². The van der Waals surface area contributed by atoms with E-state index in [4.69, 9.17) is 4.74 Å². The van der Waals surface area contributed by atoms with E-state index in [0.29, 0.717) is 18.5 Å². The summed E-state index contributed by atoms with van der Waals surface area (Å²) in [6.07, 6.45) is -0.210. The molecule has 116 valence electrons. The highest BCUT2D eigenvalue weighted by molar-refractivity contribution is 5.68. The molecule has 1 aliphatic rings. The van der Waals surface area contributed by atoms with Crippen LogP contribution in [0.4, 0.5) is 4.79 Å². The van der Waals surface area contributed by atoms with Gasteiger partial charge in [0.15, 0.2) is 0 Å². The van der Waals surface area contributed by atoms with Crippen LogP contribution in [-0.2, 0) is 11.3 Å². The zero-order valence-corrected chi connectivity index (χ0v) is 13.4. The first kappa shape index (κ1) is 15.8. The standard InChI is InChI=1S/C17H26N2O2/c1-13-11-19(16(20)21-17(2,3)4)12-15(13)18-10-14-8-6-5-7-9-14/h5-9,13,15,18H,10-12H2,1-4H3/t13-,15-/m0/s1. The lowest BCUT2D eigenvalue weighted by Crippen LogP contribution is -2.38. The Balaban J connectivity index is 1.85. The SMILES string of the molecule is C[C@H]1CN(C(=O)OC(C)(C)C)C[C@@H]1NCc1ccccc1. The molecule has 1 amide bonds. The Morgan fingerprint density at radius 3 is 2.57 bits per heavy atom. The van der Waals surface area contributed by atoms with Crippen LogP contribution in [0.1, 0.15) is 33.3 Å². The molecule has 2 atom stereocenters. The lowest BCUT2D eigenvalue weighted by atomic mass is 10.1. The summed E-state index contributed by atoms with van der Waals surface area (Å²) in [4.78, 5) is 13.9. The summed E-state index contributed by atoms with van der Waals surface area (Å²) < 4.78 is 5.44. The molecule has 1 aromatic carbocycles. The van der Waals surface area contributed by atoms with Crippen LogP contribution in [0, 0.1) is 5.92 Å². The Morgan fingerprint density at radius 2 is 1.95 bits per heavy atom. The summed E-state index contributed by atoms with van der Waals surface area (Å²) in [6, 6.07) is 10.6. The third kappa shape index (κ3) is 4.74. The van der Waals surface area contributed by atoms with Gasteiger partial charge in [0.2, 0.25) is 0 Å². The molecule has 0 bridgehead atoms. The zero-order chi connectivity index (χ0) is 15.5. The summed E-state index contributed by atoms with van der Waals surface area (Å²) in [7, 11) is 0. The van der Waals surface area contributed by atoms with Gasteiger partial charge in [0, 0.05) is 25.7 Å². The van der Waals surface area contributed by atoms with Crippen molar-refractivity contribution in [3.8, 4) is 0 Å². The maximum atomic E-state index is 12.1. The second-order valence-electron chi connectivity index (χ2n) is 6.84. The van der Waals surface area contributed by atoms with Crippen LogP contribution >= 0.6 is 0 Å². The van der Waals surface area contributed by atoms with Crippen molar-refractivity contribution in [1.82, 2.24) is 10.2 Å². The highest BCUT2D eigenvalue weighted by Crippen LogP contribution is 2.20. The largest absolute Gasteiger partial charge is 0.444 e. The van der Waals surface area contributed by atoms with Crippen molar-refractivity contribution in [1.29, 1.82) is 0 Å². The Bertz CT molecular complexity index is 467. The second kappa shape index (κ2) is 6.48. The van der Waals surface area contributed by atoms with E-state index in [1.807, 2.05) is 39.0 Å². The fourth-order valence-electron chi connectivity index (χ4n) is 2.55. The maximum absolute atomic E-state index is 12.1. The molecule has 0 unspecified atom stereocenters. The molecule has 0 radical (unpaired) electrons. The number of amides is 1. The molecule has 0 spiro atoms. The molecule has 1 aromatic rings. The van der Waals surface area contributed by atoms with Crippen molar-refractivity contribution < 1.29 is 9.53 Å². The summed E-state index contributed by atoms with van der Waals surface area (Å²) in [5.41, 5.74) is 0.830. The minimum absolute atomic E-state index is 0.210. The third-order valence-electron chi connectivity index (χ3n) is 3.68. The number of likely N-dealkylation sites (tertiary alicyclic amines) is 1. The minimum atomic E-state index is -0.435. The molecule has 4 heteroatoms. The molecular weight excluding hydrogens is 264 g/mol. The van der Waals surface area contributed by atoms with Gasteiger partial charge >= 0.3 is 6.09 Å². The Hall–Kier alpha value is -1.55. The molecule has 0 saturated carbocycles. The summed E-state index contributed by atoms with van der Waals surface area (Å²) in [5.74, 6) is 0.432. The molecule has 21 heavy (non-hydrogen) atoms. The van der Waals surface area contributed by atoms with Crippen LogP contribution in [0.15, 0.2) is 30.3 Å². The van der Waals surface area contributed by atoms with Crippen molar-refractivity contribution in [2.75, 3.05) is 13.1 Å². The van der Waals surface area contributed by atoms with Crippen LogP contribution in [0.25, 0.3) is 0 Å². The van der Waals surface area contributed by atoms with Crippen molar-refractivity contribution in [2.45, 2.75) is 45.9 Å². The Labute approximate surface area is 127 Å². The van der Waals surface area contributed by atoms with Gasteiger partial charge in [0.25, 0.3) is 0 Å². The van der Waals surface area contributed by atoms with Crippen LogP contribution < -0.4 is 5.32 Å². The third-order valence-corrected chi connectivity index (χ3v) is 3.68. The average Bonchev–Trinajstić information content (AvgIpc) is 2.77. The van der Waals surface area contributed by atoms with Gasteiger partial charge in [-0.1, -0.05) is 37.3 Å². The zero-order valence-electron chi connectivity index (χ0n) is 13.4. The molecule has 1 heterocycles. The monoisotopic (exact) mass is 290 g/mol. The van der Waals surface area contributed by atoms with E-state index < -0.39 is 5.60 Å². The van der Waals surface area contributed by atoms with E-state index in [1.54, 1.807) is 4.90 Å². The molecule has 0 aliphatic carbocycles. The van der Waals surface area contributed by atoms with Crippen molar-refractivity contribution in [2.24, 2.45) is 5.92 Å². The van der Waals surface area contributed by atoms with Gasteiger partial charge in [-0.15, -0.1) is 0 Å². The number of rotatable bonds is 3.